The van der Waals surface area contributed by atoms with E-state index in [1.807, 2.05) is 47.2 Å². The molecule has 0 radical (unpaired) electrons. The highest BCUT2D eigenvalue weighted by atomic mass is 16.7. The van der Waals surface area contributed by atoms with E-state index in [-0.39, 0.29) is 6.79 Å². The van der Waals surface area contributed by atoms with Gasteiger partial charge in [-0.15, -0.1) is 0 Å². The number of fused-ring (bicyclic) bond motifs is 2. The van der Waals surface area contributed by atoms with Gasteiger partial charge in [0.1, 0.15) is 5.75 Å². The van der Waals surface area contributed by atoms with Crippen LogP contribution in [0.1, 0.15) is 0 Å². The molecule has 0 spiro atoms. The van der Waals surface area contributed by atoms with Gasteiger partial charge in [-0.1, -0.05) is 0 Å². The first-order valence-electron chi connectivity index (χ1n) is 6.61. The summed E-state index contributed by atoms with van der Waals surface area (Å²) in [6, 6.07) is 11.7. The van der Waals surface area contributed by atoms with Crippen molar-refractivity contribution in [1.29, 1.82) is 0 Å². The number of methoxy groups -OCH3 is 1. The van der Waals surface area contributed by atoms with Gasteiger partial charge in [-0.25, -0.2) is 0 Å². The molecule has 2 aromatic carbocycles. The summed E-state index contributed by atoms with van der Waals surface area (Å²) >= 11 is 0. The normalized spacial score (nSPS) is 12.8. The maximum Gasteiger partial charge on any atom is 0.231 e. The zero-order valence-corrected chi connectivity index (χ0v) is 11.5. The Balaban J connectivity index is 1.91. The molecule has 0 unspecified atom stereocenters. The van der Waals surface area contributed by atoms with E-state index >= 15 is 0 Å². The molecule has 0 amide bonds. The highest BCUT2D eigenvalue weighted by Crippen LogP contribution is 2.39. The molecule has 0 atom stereocenters. The van der Waals surface area contributed by atoms with Gasteiger partial charge in [-0.2, -0.15) is 0 Å². The third-order valence-electron chi connectivity index (χ3n) is 3.68. The minimum atomic E-state index is 0.254. The second-order valence-corrected chi connectivity index (χ2v) is 4.88. The molecule has 1 aliphatic heterocycles. The van der Waals surface area contributed by atoms with Crippen molar-refractivity contribution in [2.75, 3.05) is 19.6 Å². The summed E-state index contributed by atoms with van der Waals surface area (Å²) in [5.41, 5.74) is 8.83. The van der Waals surface area contributed by atoms with Crippen LogP contribution in [0.3, 0.4) is 0 Å². The summed E-state index contributed by atoms with van der Waals surface area (Å²) in [6.45, 7) is 0.254. The fourth-order valence-electron chi connectivity index (χ4n) is 2.60. The van der Waals surface area contributed by atoms with Crippen molar-refractivity contribution in [2.45, 2.75) is 0 Å². The molecule has 0 aliphatic carbocycles. The van der Waals surface area contributed by atoms with Crippen molar-refractivity contribution >= 4 is 16.6 Å². The van der Waals surface area contributed by atoms with Crippen LogP contribution < -0.4 is 19.9 Å². The molecule has 0 saturated heterocycles. The number of anilines is 1. The van der Waals surface area contributed by atoms with Gasteiger partial charge in [0.15, 0.2) is 11.5 Å². The van der Waals surface area contributed by atoms with Gasteiger partial charge in [0, 0.05) is 23.3 Å². The summed E-state index contributed by atoms with van der Waals surface area (Å²) in [5, 5.41) is 0.954. The first kappa shape index (κ1) is 12.0. The Bertz CT molecular complexity index is 822. The second-order valence-electron chi connectivity index (χ2n) is 4.88. The lowest BCUT2D eigenvalue weighted by atomic mass is 10.2. The standard InChI is InChI=1S/C16H14N2O3/c1-19-11-4-2-10(3-5-11)18-8-13(17)12-6-15-16(7-14(12)18)21-9-20-15/h2-8H,9,17H2,1H3. The van der Waals surface area contributed by atoms with Crippen LogP contribution in [-0.2, 0) is 0 Å². The molecule has 1 aromatic heterocycles. The molecule has 5 heteroatoms. The van der Waals surface area contributed by atoms with Crippen molar-refractivity contribution < 1.29 is 14.2 Å². The highest BCUT2D eigenvalue weighted by Gasteiger charge is 2.18. The van der Waals surface area contributed by atoms with E-state index in [0.717, 1.165) is 33.8 Å². The molecular formula is C16H14N2O3. The summed E-state index contributed by atoms with van der Waals surface area (Å²) in [4.78, 5) is 0. The Hall–Kier alpha value is -2.82. The maximum atomic E-state index is 6.12. The molecule has 0 bridgehead atoms. The number of rotatable bonds is 2. The quantitative estimate of drug-likeness (QED) is 0.785. The monoisotopic (exact) mass is 282 g/mol. The average molecular weight is 282 g/mol. The van der Waals surface area contributed by atoms with Gasteiger partial charge < -0.3 is 24.5 Å². The van der Waals surface area contributed by atoms with Gasteiger partial charge in [-0.05, 0) is 30.3 Å². The fraction of sp³-hybridized carbons (Fsp3) is 0.125. The van der Waals surface area contributed by atoms with Crippen LogP contribution >= 0.6 is 0 Å². The SMILES string of the molecule is COc1ccc(-n2cc(N)c3cc4c(cc32)OCO4)cc1. The summed E-state index contributed by atoms with van der Waals surface area (Å²) in [5.74, 6) is 2.30. The van der Waals surface area contributed by atoms with E-state index in [1.54, 1.807) is 7.11 Å². The first-order chi connectivity index (χ1) is 10.3. The third kappa shape index (κ3) is 1.78. The van der Waals surface area contributed by atoms with Crippen molar-refractivity contribution in [3.05, 3.63) is 42.6 Å². The molecular weight excluding hydrogens is 268 g/mol. The van der Waals surface area contributed by atoms with Crippen molar-refractivity contribution in [3.8, 4) is 22.9 Å². The Morgan fingerprint density at radius 3 is 2.52 bits per heavy atom. The molecule has 1 aliphatic rings. The van der Waals surface area contributed by atoms with Gasteiger partial charge in [0.05, 0.1) is 18.3 Å². The van der Waals surface area contributed by atoms with Gasteiger partial charge in [0.25, 0.3) is 0 Å². The van der Waals surface area contributed by atoms with Gasteiger partial charge in [0.2, 0.25) is 6.79 Å². The first-order valence-corrected chi connectivity index (χ1v) is 6.61. The highest BCUT2D eigenvalue weighted by molar-refractivity contribution is 5.95. The Labute approximate surface area is 121 Å². The van der Waals surface area contributed by atoms with Crippen LogP contribution in [0.25, 0.3) is 16.6 Å². The Morgan fingerprint density at radius 2 is 1.81 bits per heavy atom. The number of hydrogen-bond donors (Lipinski definition) is 1. The van der Waals surface area contributed by atoms with Crippen LogP contribution in [-0.4, -0.2) is 18.5 Å². The topological polar surface area (TPSA) is 58.6 Å². The van der Waals surface area contributed by atoms with Crippen LogP contribution in [0.4, 0.5) is 5.69 Å². The molecule has 5 nitrogen and oxygen atoms in total. The van der Waals surface area contributed by atoms with Gasteiger partial charge in [-0.3, -0.25) is 0 Å². The van der Waals surface area contributed by atoms with Crippen molar-refractivity contribution in [3.63, 3.8) is 0 Å². The fourth-order valence-corrected chi connectivity index (χ4v) is 2.60. The minimum Gasteiger partial charge on any atom is -0.497 e. The number of ether oxygens (including phenoxy) is 3. The van der Waals surface area contributed by atoms with Crippen molar-refractivity contribution in [2.24, 2.45) is 0 Å². The lowest BCUT2D eigenvalue weighted by Crippen LogP contribution is -1.93. The smallest absolute Gasteiger partial charge is 0.231 e. The van der Waals surface area contributed by atoms with E-state index in [1.165, 1.54) is 0 Å². The lowest BCUT2D eigenvalue weighted by molar-refractivity contribution is 0.174. The Morgan fingerprint density at radius 1 is 1.10 bits per heavy atom. The number of hydrogen-bond acceptors (Lipinski definition) is 4. The third-order valence-corrected chi connectivity index (χ3v) is 3.68. The molecule has 2 heterocycles. The van der Waals surface area contributed by atoms with Gasteiger partial charge >= 0.3 is 0 Å². The van der Waals surface area contributed by atoms with Crippen LogP contribution in [0.15, 0.2) is 42.6 Å². The molecule has 21 heavy (non-hydrogen) atoms. The predicted molar refractivity (Wildman–Crippen MR) is 80.4 cm³/mol. The summed E-state index contributed by atoms with van der Waals surface area (Å²) in [6.07, 6.45) is 1.90. The lowest BCUT2D eigenvalue weighted by Gasteiger charge is -2.07. The van der Waals surface area contributed by atoms with E-state index < -0.39 is 0 Å². The maximum absolute atomic E-state index is 6.12. The average Bonchev–Trinajstić information content (AvgIpc) is 3.10. The summed E-state index contributed by atoms with van der Waals surface area (Å²) in [7, 11) is 1.65. The number of nitrogens with two attached hydrogens (primary N) is 1. The van der Waals surface area contributed by atoms with E-state index in [2.05, 4.69) is 0 Å². The number of benzene rings is 2. The zero-order chi connectivity index (χ0) is 14.4. The minimum absolute atomic E-state index is 0.254. The molecule has 106 valence electrons. The van der Waals surface area contributed by atoms with E-state index in [4.69, 9.17) is 19.9 Å². The Kier molecular flexibility index (Phi) is 2.47. The van der Waals surface area contributed by atoms with Crippen LogP contribution in [0.5, 0.6) is 17.2 Å². The number of aromatic nitrogens is 1. The van der Waals surface area contributed by atoms with E-state index in [0.29, 0.717) is 5.69 Å². The summed E-state index contributed by atoms with van der Waals surface area (Å²) < 4.78 is 18.1. The number of nitrogens with zero attached hydrogens (tertiary/aromatic N) is 1. The molecule has 4 rings (SSSR count). The van der Waals surface area contributed by atoms with Crippen LogP contribution in [0.2, 0.25) is 0 Å². The number of nitrogen functional groups attached to an aromatic ring is 1. The second kappa shape index (κ2) is 4.34. The van der Waals surface area contributed by atoms with Crippen LogP contribution in [0, 0.1) is 0 Å². The molecule has 2 N–H and O–H groups in total. The molecule has 0 saturated carbocycles. The predicted octanol–water partition coefficient (Wildman–Crippen LogP) is 2.95. The molecule has 0 fully saturated rings. The largest absolute Gasteiger partial charge is 0.497 e. The van der Waals surface area contributed by atoms with E-state index in [9.17, 15) is 0 Å². The molecule has 3 aromatic rings. The van der Waals surface area contributed by atoms with Crippen molar-refractivity contribution in [1.82, 2.24) is 4.57 Å². The zero-order valence-electron chi connectivity index (χ0n) is 11.5.